The van der Waals surface area contributed by atoms with Gasteiger partial charge in [0, 0.05) is 27.6 Å². The van der Waals surface area contributed by atoms with Crippen LogP contribution in [0.3, 0.4) is 0 Å². The van der Waals surface area contributed by atoms with Gasteiger partial charge in [-0.25, -0.2) is 19.9 Å². The summed E-state index contributed by atoms with van der Waals surface area (Å²) in [5, 5.41) is 3.89. The van der Waals surface area contributed by atoms with Crippen LogP contribution in [0.2, 0.25) is 0 Å². The maximum Gasteiger partial charge on any atom is 0.227 e. The van der Waals surface area contributed by atoms with Crippen molar-refractivity contribution in [1.82, 2.24) is 19.9 Å². The lowest BCUT2D eigenvalue weighted by Gasteiger charge is -2.12. The summed E-state index contributed by atoms with van der Waals surface area (Å²) in [7, 11) is 0. The molecule has 0 aliphatic rings. The van der Waals surface area contributed by atoms with Crippen molar-refractivity contribution in [2.45, 2.75) is 0 Å². The first-order valence-corrected chi connectivity index (χ1v) is 18.5. The van der Waals surface area contributed by atoms with Gasteiger partial charge in [0.15, 0.2) is 23.1 Å². The number of aromatic nitrogens is 4. The Morgan fingerprint density at radius 1 is 0.304 bits per heavy atom. The van der Waals surface area contributed by atoms with E-state index in [-0.39, 0.29) is 0 Å². The molecule has 3 heterocycles. The SMILES string of the molecule is c1ccc(-c2cccc(-c3nc(-c4cccc(-c5ccccc5)c4)nc(-c4cc5oc6ccc7oc(-c8ccccc8)nc7c6c5c5ccccc45)n3)c2)cc1. The molecule has 0 saturated heterocycles. The van der Waals surface area contributed by atoms with E-state index in [0.717, 1.165) is 77.2 Å². The Hall–Kier alpha value is -7.70. The zero-order valence-corrected chi connectivity index (χ0v) is 29.9. The molecule has 3 aromatic heterocycles. The quantitative estimate of drug-likeness (QED) is 0.170. The van der Waals surface area contributed by atoms with Crippen molar-refractivity contribution >= 4 is 43.8 Å². The fourth-order valence-corrected chi connectivity index (χ4v) is 7.69. The minimum absolute atomic E-state index is 0.553. The first-order chi connectivity index (χ1) is 27.7. The molecule has 0 unspecified atom stereocenters. The fraction of sp³-hybridized carbons (Fsp3) is 0. The first kappa shape index (κ1) is 31.8. The summed E-state index contributed by atoms with van der Waals surface area (Å²) in [6.07, 6.45) is 0. The molecule has 56 heavy (non-hydrogen) atoms. The number of nitrogens with zero attached hydrogens (tertiary/aromatic N) is 4. The van der Waals surface area contributed by atoms with Crippen LogP contribution in [0.25, 0.3) is 112 Å². The predicted octanol–water partition coefficient (Wildman–Crippen LogP) is 13.1. The topological polar surface area (TPSA) is 77.8 Å². The number of hydrogen-bond acceptors (Lipinski definition) is 6. The van der Waals surface area contributed by atoms with E-state index in [4.69, 9.17) is 28.8 Å². The summed E-state index contributed by atoms with van der Waals surface area (Å²) in [6, 6.07) is 61.7. The summed E-state index contributed by atoms with van der Waals surface area (Å²) in [5.74, 6) is 2.29. The molecule has 6 nitrogen and oxygen atoms in total. The molecular formula is C50H30N4O2. The van der Waals surface area contributed by atoms with E-state index in [1.54, 1.807) is 0 Å². The summed E-state index contributed by atoms with van der Waals surface area (Å²) in [4.78, 5) is 20.6. The smallest absolute Gasteiger partial charge is 0.227 e. The second-order valence-electron chi connectivity index (χ2n) is 13.8. The molecule has 0 N–H and O–H groups in total. The summed E-state index contributed by atoms with van der Waals surface area (Å²) in [6.45, 7) is 0. The van der Waals surface area contributed by atoms with E-state index < -0.39 is 0 Å². The number of hydrogen-bond donors (Lipinski definition) is 0. The van der Waals surface area contributed by atoms with Crippen molar-refractivity contribution in [3.05, 3.63) is 182 Å². The number of benzene rings is 8. The Bertz CT molecular complexity index is 3140. The highest BCUT2D eigenvalue weighted by molar-refractivity contribution is 6.27. The van der Waals surface area contributed by atoms with Gasteiger partial charge in [0.05, 0.1) is 5.39 Å². The normalized spacial score (nSPS) is 11.6. The summed E-state index contributed by atoms with van der Waals surface area (Å²) < 4.78 is 12.9. The standard InChI is InChI=1S/C50H30N4O2/c1-4-14-31(15-5-1)34-20-12-22-36(28-34)47-52-48(37-23-13-21-35(29-37)32-16-6-2-7-17-32)54-49(53-47)40-30-43-44(39-25-11-10-24-38(39)40)45-41(55-43)26-27-42-46(45)51-50(56-42)33-18-8-3-9-19-33/h1-30H. The minimum Gasteiger partial charge on any atom is -0.456 e. The molecule has 0 aliphatic heterocycles. The molecule has 11 aromatic rings. The number of oxazole rings is 1. The van der Waals surface area contributed by atoms with Crippen LogP contribution in [0.5, 0.6) is 0 Å². The number of fused-ring (bicyclic) bond motifs is 7. The maximum atomic E-state index is 6.65. The third kappa shape index (κ3) is 5.43. The molecule has 11 rings (SSSR count). The minimum atomic E-state index is 0.553. The zero-order chi connectivity index (χ0) is 37.0. The third-order valence-electron chi connectivity index (χ3n) is 10.4. The highest BCUT2D eigenvalue weighted by atomic mass is 16.4. The highest BCUT2D eigenvalue weighted by Gasteiger charge is 2.22. The van der Waals surface area contributed by atoms with Gasteiger partial charge < -0.3 is 8.83 Å². The third-order valence-corrected chi connectivity index (χ3v) is 10.4. The van der Waals surface area contributed by atoms with Gasteiger partial charge >= 0.3 is 0 Å². The Morgan fingerprint density at radius 3 is 1.43 bits per heavy atom. The Balaban J connectivity index is 1.14. The number of furan rings is 1. The molecule has 0 amide bonds. The monoisotopic (exact) mass is 718 g/mol. The van der Waals surface area contributed by atoms with E-state index >= 15 is 0 Å². The molecule has 0 fully saturated rings. The second-order valence-corrected chi connectivity index (χ2v) is 13.8. The van der Waals surface area contributed by atoms with Crippen LogP contribution in [0.4, 0.5) is 0 Å². The number of rotatable bonds is 6. The van der Waals surface area contributed by atoms with Crippen molar-refractivity contribution in [2.75, 3.05) is 0 Å². The molecule has 8 aromatic carbocycles. The summed E-state index contributed by atoms with van der Waals surface area (Å²) >= 11 is 0. The second kappa shape index (κ2) is 13.0. The van der Waals surface area contributed by atoms with Crippen molar-refractivity contribution in [1.29, 1.82) is 0 Å². The lowest BCUT2D eigenvalue weighted by Crippen LogP contribution is -2.01. The van der Waals surface area contributed by atoms with E-state index in [9.17, 15) is 0 Å². The van der Waals surface area contributed by atoms with Crippen molar-refractivity contribution in [2.24, 2.45) is 0 Å². The Morgan fingerprint density at radius 2 is 0.804 bits per heavy atom. The molecule has 262 valence electrons. The fourth-order valence-electron chi connectivity index (χ4n) is 7.69. The maximum absolute atomic E-state index is 6.65. The van der Waals surface area contributed by atoms with Crippen LogP contribution >= 0.6 is 0 Å². The van der Waals surface area contributed by atoms with Gasteiger partial charge in [-0.2, -0.15) is 0 Å². The molecule has 0 bridgehead atoms. The van der Waals surface area contributed by atoms with Gasteiger partial charge in [-0.1, -0.05) is 140 Å². The molecule has 0 aliphatic carbocycles. The molecular weight excluding hydrogens is 689 g/mol. The van der Waals surface area contributed by atoms with Crippen molar-refractivity contribution in [3.63, 3.8) is 0 Å². The average molecular weight is 719 g/mol. The predicted molar refractivity (Wildman–Crippen MR) is 225 cm³/mol. The van der Waals surface area contributed by atoms with Crippen LogP contribution in [-0.2, 0) is 0 Å². The molecule has 6 heteroatoms. The van der Waals surface area contributed by atoms with E-state index in [1.807, 2.05) is 54.6 Å². The van der Waals surface area contributed by atoms with E-state index in [2.05, 4.69) is 127 Å². The Kier molecular flexibility index (Phi) is 7.38. The lowest BCUT2D eigenvalue weighted by molar-refractivity contribution is 0.619. The highest BCUT2D eigenvalue weighted by Crippen LogP contribution is 2.43. The van der Waals surface area contributed by atoms with E-state index in [1.165, 1.54) is 0 Å². The van der Waals surface area contributed by atoms with E-state index in [0.29, 0.717) is 34.5 Å². The average Bonchev–Trinajstić information content (AvgIpc) is 3.89. The van der Waals surface area contributed by atoms with Gasteiger partial charge in [-0.05, 0) is 75.5 Å². The van der Waals surface area contributed by atoms with Crippen LogP contribution < -0.4 is 0 Å². The molecule has 0 spiro atoms. The van der Waals surface area contributed by atoms with Crippen molar-refractivity contribution in [3.8, 4) is 67.9 Å². The summed E-state index contributed by atoms with van der Waals surface area (Å²) in [5.41, 5.74) is 10.9. The Labute approximate surface area is 321 Å². The van der Waals surface area contributed by atoms with Crippen LogP contribution in [-0.4, -0.2) is 19.9 Å². The van der Waals surface area contributed by atoms with Gasteiger partial charge in [-0.15, -0.1) is 0 Å². The van der Waals surface area contributed by atoms with Crippen LogP contribution in [0.15, 0.2) is 191 Å². The van der Waals surface area contributed by atoms with Gasteiger partial charge in [-0.3, -0.25) is 0 Å². The van der Waals surface area contributed by atoms with Gasteiger partial charge in [0.1, 0.15) is 16.7 Å². The van der Waals surface area contributed by atoms with Crippen LogP contribution in [0, 0.1) is 0 Å². The van der Waals surface area contributed by atoms with Crippen molar-refractivity contribution < 1.29 is 8.83 Å². The zero-order valence-electron chi connectivity index (χ0n) is 29.9. The lowest BCUT2D eigenvalue weighted by atomic mass is 9.98. The molecule has 0 atom stereocenters. The first-order valence-electron chi connectivity index (χ1n) is 18.5. The van der Waals surface area contributed by atoms with Gasteiger partial charge in [0.2, 0.25) is 5.89 Å². The van der Waals surface area contributed by atoms with Gasteiger partial charge in [0.25, 0.3) is 0 Å². The molecule has 0 radical (unpaired) electrons. The largest absolute Gasteiger partial charge is 0.456 e. The molecule has 0 saturated carbocycles. The van der Waals surface area contributed by atoms with Crippen LogP contribution in [0.1, 0.15) is 0 Å².